The Kier molecular flexibility index (Phi) is 6.18. The SMILES string of the molecule is CC(C)C(N)CCN(C)C(=O)C(C(C)C)N1C(=O)c2ccccc2C1=O. The van der Waals surface area contributed by atoms with Crippen LogP contribution >= 0.6 is 0 Å². The van der Waals surface area contributed by atoms with Crippen molar-refractivity contribution in [1.29, 1.82) is 0 Å². The van der Waals surface area contributed by atoms with E-state index < -0.39 is 17.9 Å². The zero-order valence-corrected chi connectivity index (χ0v) is 16.2. The van der Waals surface area contributed by atoms with Crippen LogP contribution in [-0.2, 0) is 4.79 Å². The fourth-order valence-corrected chi connectivity index (χ4v) is 3.17. The van der Waals surface area contributed by atoms with Crippen LogP contribution in [0.25, 0.3) is 0 Å². The van der Waals surface area contributed by atoms with Gasteiger partial charge in [0, 0.05) is 19.6 Å². The third-order valence-corrected chi connectivity index (χ3v) is 5.02. The Morgan fingerprint density at radius 3 is 1.96 bits per heavy atom. The lowest BCUT2D eigenvalue weighted by molar-refractivity contribution is -0.135. The van der Waals surface area contributed by atoms with Gasteiger partial charge in [0.05, 0.1) is 11.1 Å². The van der Waals surface area contributed by atoms with Crippen molar-refractivity contribution in [2.24, 2.45) is 17.6 Å². The normalized spacial score (nSPS) is 16.2. The molecule has 2 N–H and O–H groups in total. The molecule has 2 atom stereocenters. The van der Waals surface area contributed by atoms with Crippen LogP contribution in [0.1, 0.15) is 54.8 Å². The van der Waals surface area contributed by atoms with Gasteiger partial charge in [0.2, 0.25) is 5.91 Å². The average Bonchev–Trinajstić information content (AvgIpc) is 2.84. The van der Waals surface area contributed by atoms with Crippen LogP contribution in [0.5, 0.6) is 0 Å². The molecule has 0 saturated carbocycles. The van der Waals surface area contributed by atoms with Crippen molar-refractivity contribution in [1.82, 2.24) is 9.80 Å². The highest BCUT2D eigenvalue weighted by atomic mass is 16.2. The van der Waals surface area contributed by atoms with Crippen LogP contribution < -0.4 is 5.73 Å². The molecule has 142 valence electrons. The average molecular weight is 359 g/mol. The van der Waals surface area contributed by atoms with Gasteiger partial charge in [-0.15, -0.1) is 0 Å². The number of rotatable bonds is 7. The monoisotopic (exact) mass is 359 g/mol. The number of carbonyl (C=O) groups is 3. The van der Waals surface area contributed by atoms with Gasteiger partial charge >= 0.3 is 0 Å². The summed E-state index contributed by atoms with van der Waals surface area (Å²) in [5.41, 5.74) is 6.79. The second-order valence-corrected chi connectivity index (χ2v) is 7.67. The maximum absolute atomic E-state index is 13.0. The smallest absolute Gasteiger partial charge is 0.262 e. The third kappa shape index (κ3) is 3.80. The topological polar surface area (TPSA) is 83.7 Å². The van der Waals surface area contributed by atoms with Crippen LogP contribution in [0.3, 0.4) is 0 Å². The van der Waals surface area contributed by atoms with E-state index in [1.165, 1.54) is 0 Å². The summed E-state index contributed by atoms with van der Waals surface area (Å²) in [7, 11) is 1.70. The molecule has 1 aliphatic rings. The Hall–Kier alpha value is -2.21. The Bertz CT molecular complexity index is 664. The third-order valence-electron chi connectivity index (χ3n) is 5.02. The Morgan fingerprint density at radius 2 is 1.54 bits per heavy atom. The van der Waals surface area contributed by atoms with Gasteiger partial charge in [-0.05, 0) is 30.4 Å². The van der Waals surface area contributed by atoms with Crippen LogP contribution in [0.2, 0.25) is 0 Å². The van der Waals surface area contributed by atoms with Crippen LogP contribution in [0.15, 0.2) is 24.3 Å². The minimum Gasteiger partial charge on any atom is -0.344 e. The fourth-order valence-electron chi connectivity index (χ4n) is 3.17. The van der Waals surface area contributed by atoms with Crippen molar-refractivity contribution in [2.75, 3.05) is 13.6 Å². The lowest BCUT2D eigenvalue weighted by atomic mass is 9.99. The number of fused-ring (bicyclic) bond motifs is 1. The molecule has 3 amide bonds. The number of imide groups is 1. The number of hydrogen-bond donors (Lipinski definition) is 1. The van der Waals surface area contributed by atoms with Gasteiger partial charge in [-0.25, -0.2) is 0 Å². The van der Waals surface area contributed by atoms with Crippen LogP contribution in [0.4, 0.5) is 0 Å². The van der Waals surface area contributed by atoms with Gasteiger partial charge in [0.25, 0.3) is 11.8 Å². The fraction of sp³-hybridized carbons (Fsp3) is 0.550. The molecule has 1 aliphatic heterocycles. The lowest BCUT2D eigenvalue weighted by Gasteiger charge is -2.32. The summed E-state index contributed by atoms with van der Waals surface area (Å²) < 4.78 is 0. The van der Waals surface area contributed by atoms with Gasteiger partial charge in [0.1, 0.15) is 6.04 Å². The van der Waals surface area contributed by atoms with E-state index in [9.17, 15) is 14.4 Å². The van der Waals surface area contributed by atoms with Crippen molar-refractivity contribution < 1.29 is 14.4 Å². The number of carbonyl (C=O) groups excluding carboxylic acids is 3. The lowest BCUT2D eigenvalue weighted by Crippen LogP contribution is -2.53. The van der Waals surface area contributed by atoms with Gasteiger partial charge in [-0.3, -0.25) is 19.3 Å². The van der Waals surface area contributed by atoms with E-state index in [2.05, 4.69) is 0 Å². The largest absolute Gasteiger partial charge is 0.344 e. The summed E-state index contributed by atoms with van der Waals surface area (Å²) in [6.45, 7) is 8.27. The molecule has 6 nitrogen and oxygen atoms in total. The zero-order valence-electron chi connectivity index (χ0n) is 16.2. The first kappa shape index (κ1) is 20.1. The molecular weight excluding hydrogens is 330 g/mol. The highest BCUT2D eigenvalue weighted by Gasteiger charge is 2.44. The van der Waals surface area contributed by atoms with Gasteiger partial charge < -0.3 is 10.6 Å². The quantitative estimate of drug-likeness (QED) is 0.756. The summed E-state index contributed by atoms with van der Waals surface area (Å²) in [6, 6.07) is 5.88. The van der Waals surface area contributed by atoms with Crippen LogP contribution in [0, 0.1) is 11.8 Å². The second kappa shape index (κ2) is 7.99. The van der Waals surface area contributed by atoms with Gasteiger partial charge in [-0.2, -0.15) is 0 Å². The summed E-state index contributed by atoms with van der Waals surface area (Å²) in [4.78, 5) is 41.2. The molecular formula is C20H29N3O3. The maximum Gasteiger partial charge on any atom is 0.262 e. The molecule has 0 saturated heterocycles. The van der Waals surface area contributed by atoms with Crippen molar-refractivity contribution in [3.8, 4) is 0 Å². The molecule has 1 aromatic carbocycles. The molecule has 26 heavy (non-hydrogen) atoms. The van der Waals surface area contributed by atoms with Gasteiger partial charge in [0.15, 0.2) is 0 Å². The highest BCUT2D eigenvalue weighted by Crippen LogP contribution is 2.28. The highest BCUT2D eigenvalue weighted by molar-refractivity contribution is 6.22. The van der Waals surface area contributed by atoms with Crippen molar-refractivity contribution in [2.45, 2.75) is 46.2 Å². The zero-order chi connectivity index (χ0) is 19.6. The molecule has 2 unspecified atom stereocenters. The molecule has 0 aliphatic carbocycles. The molecule has 1 aromatic rings. The predicted molar refractivity (Wildman–Crippen MR) is 101 cm³/mol. The molecule has 2 rings (SSSR count). The summed E-state index contributed by atoms with van der Waals surface area (Å²) >= 11 is 0. The number of hydrogen-bond acceptors (Lipinski definition) is 4. The van der Waals surface area contributed by atoms with E-state index in [0.29, 0.717) is 30.0 Å². The first-order chi connectivity index (χ1) is 12.2. The Labute approximate surface area is 155 Å². The molecule has 6 heteroatoms. The molecule has 0 fully saturated rings. The Balaban J connectivity index is 2.20. The van der Waals surface area contributed by atoms with Crippen molar-refractivity contribution in [3.05, 3.63) is 35.4 Å². The van der Waals surface area contributed by atoms with E-state index in [1.807, 2.05) is 27.7 Å². The standard InChI is InChI=1S/C20H29N3O3/c1-12(2)16(21)10-11-22(5)20(26)17(13(3)4)23-18(24)14-8-6-7-9-15(14)19(23)25/h6-9,12-13,16-17H,10-11,21H2,1-5H3. The number of nitrogens with two attached hydrogens (primary N) is 1. The number of nitrogens with zero attached hydrogens (tertiary/aromatic N) is 2. The molecule has 0 bridgehead atoms. The minimum absolute atomic E-state index is 0.00190. The number of likely N-dealkylation sites (N-methyl/N-ethyl adjacent to an activating group) is 1. The van der Waals surface area contributed by atoms with E-state index in [1.54, 1.807) is 36.2 Å². The summed E-state index contributed by atoms with van der Waals surface area (Å²) in [5.74, 6) is -0.887. The maximum atomic E-state index is 13.0. The van der Waals surface area contributed by atoms with Crippen molar-refractivity contribution in [3.63, 3.8) is 0 Å². The molecule has 0 spiro atoms. The first-order valence-corrected chi connectivity index (χ1v) is 9.14. The van der Waals surface area contributed by atoms with E-state index in [0.717, 1.165) is 4.90 Å². The second-order valence-electron chi connectivity index (χ2n) is 7.67. The summed E-state index contributed by atoms with van der Waals surface area (Å²) in [6.07, 6.45) is 0.673. The van der Waals surface area contributed by atoms with Gasteiger partial charge in [-0.1, -0.05) is 39.8 Å². The number of amides is 3. The van der Waals surface area contributed by atoms with E-state index in [-0.39, 0.29) is 17.9 Å². The van der Waals surface area contributed by atoms with E-state index >= 15 is 0 Å². The molecule has 0 radical (unpaired) electrons. The molecule has 1 heterocycles. The van der Waals surface area contributed by atoms with E-state index in [4.69, 9.17) is 5.73 Å². The van der Waals surface area contributed by atoms with Crippen molar-refractivity contribution >= 4 is 17.7 Å². The predicted octanol–water partition coefficient (Wildman–Crippen LogP) is 2.14. The molecule has 0 aromatic heterocycles. The van der Waals surface area contributed by atoms with Crippen LogP contribution in [-0.4, -0.2) is 53.2 Å². The summed E-state index contributed by atoms with van der Waals surface area (Å²) in [5, 5.41) is 0. The first-order valence-electron chi connectivity index (χ1n) is 9.14. The Morgan fingerprint density at radius 1 is 1.04 bits per heavy atom. The minimum atomic E-state index is -0.817. The number of benzene rings is 1.